The Morgan fingerprint density at radius 2 is 1.74 bits per heavy atom. The van der Waals surface area contributed by atoms with Crippen LogP contribution in [0.2, 0.25) is 0 Å². The van der Waals surface area contributed by atoms with Crippen LogP contribution in [0.1, 0.15) is 48.2 Å². The third-order valence-electron chi connectivity index (χ3n) is 3.94. The Bertz CT molecular complexity index is 811. The molecule has 0 bridgehead atoms. The molecular weight excluding hydrogens is 340 g/mol. The minimum atomic E-state index is -0.110. The molecule has 2 aromatic carbocycles. The lowest BCUT2D eigenvalue weighted by molar-refractivity contribution is 0.0784. The van der Waals surface area contributed by atoms with E-state index < -0.39 is 0 Å². The normalized spacial score (nSPS) is 10.1. The predicted molar refractivity (Wildman–Crippen MR) is 105 cm³/mol. The molecule has 0 saturated carbocycles. The van der Waals surface area contributed by atoms with Crippen molar-refractivity contribution in [3.05, 3.63) is 59.2 Å². The van der Waals surface area contributed by atoms with Gasteiger partial charge in [-0.05, 0) is 48.7 Å². The number of rotatable bonds is 9. The molecule has 0 atom stereocenters. The molecule has 0 aliphatic rings. The van der Waals surface area contributed by atoms with Crippen LogP contribution in [0, 0.1) is 11.3 Å². The lowest BCUT2D eigenvalue weighted by atomic mass is 10.1. The molecule has 2 aromatic rings. The number of carbonyl (C=O) groups is 1. The SMILES string of the molecule is CCCOc1ccc(C(=O)N(C)Cc2cccc(C#N)c2)cc1OCCC. The Labute approximate surface area is 161 Å². The van der Waals surface area contributed by atoms with E-state index in [0.717, 1.165) is 18.4 Å². The highest BCUT2D eigenvalue weighted by atomic mass is 16.5. The second-order valence-electron chi connectivity index (χ2n) is 6.33. The van der Waals surface area contributed by atoms with Gasteiger partial charge in [0.05, 0.1) is 24.8 Å². The maximum Gasteiger partial charge on any atom is 0.254 e. The van der Waals surface area contributed by atoms with Gasteiger partial charge in [0.2, 0.25) is 0 Å². The predicted octanol–water partition coefficient (Wildman–Crippen LogP) is 4.41. The zero-order chi connectivity index (χ0) is 19.6. The van der Waals surface area contributed by atoms with Crippen molar-refractivity contribution in [3.63, 3.8) is 0 Å². The number of benzene rings is 2. The molecule has 5 nitrogen and oxygen atoms in total. The number of carbonyl (C=O) groups excluding carboxylic acids is 1. The van der Waals surface area contributed by atoms with Crippen LogP contribution < -0.4 is 9.47 Å². The molecule has 0 unspecified atom stereocenters. The van der Waals surface area contributed by atoms with E-state index in [1.807, 2.05) is 26.0 Å². The van der Waals surface area contributed by atoms with Crippen molar-refractivity contribution >= 4 is 5.91 Å². The Balaban J connectivity index is 2.16. The first-order chi connectivity index (χ1) is 13.1. The van der Waals surface area contributed by atoms with Gasteiger partial charge in [-0.2, -0.15) is 5.26 Å². The molecule has 1 amide bonds. The summed E-state index contributed by atoms with van der Waals surface area (Å²) >= 11 is 0. The van der Waals surface area contributed by atoms with Crippen LogP contribution in [0.3, 0.4) is 0 Å². The smallest absolute Gasteiger partial charge is 0.254 e. The molecule has 0 aliphatic heterocycles. The van der Waals surface area contributed by atoms with E-state index in [4.69, 9.17) is 14.7 Å². The minimum absolute atomic E-state index is 0.110. The fraction of sp³-hybridized carbons (Fsp3) is 0.364. The van der Waals surface area contributed by atoms with Gasteiger partial charge in [0.1, 0.15) is 0 Å². The Hall–Kier alpha value is -3.00. The summed E-state index contributed by atoms with van der Waals surface area (Å²) in [6.07, 6.45) is 1.78. The molecule has 27 heavy (non-hydrogen) atoms. The van der Waals surface area contributed by atoms with Gasteiger partial charge in [-0.3, -0.25) is 4.79 Å². The number of hydrogen-bond donors (Lipinski definition) is 0. The summed E-state index contributed by atoms with van der Waals surface area (Å²) in [5.41, 5.74) is 2.04. The number of amides is 1. The summed E-state index contributed by atoms with van der Waals surface area (Å²) in [7, 11) is 1.75. The highest BCUT2D eigenvalue weighted by molar-refractivity contribution is 5.94. The standard InChI is InChI=1S/C22H26N2O3/c1-4-11-26-20-10-9-19(14-21(20)27-12-5-2)22(25)24(3)16-18-8-6-7-17(13-18)15-23/h6-10,13-14H,4-5,11-12,16H2,1-3H3. The zero-order valence-electron chi connectivity index (χ0n) is 16.2. The van der Waals surface area contributed by atoms with Gasteiger partial charge < -0.3 is 14.4 Å². The largest absolute Gasteiger partial charge is 0.490 e. The topological polar surface area (TPSA) is 62.6 Å². The third-order valence-corrected chi connectivity index (χ3v) is 3.94. The van der Waals surface area contributed by atoms with Crippen molar-refractivity contribution in [2.75, 3.05) is 20.3 Å². The maximum atomic E-state index is 12.8. The minimum Gasteiger partial charge on any atom is -0.490 e. The first-order valence-electron chi connectivity index (χ1n) is 9.23. The van der Waals surface area contributed by atoms with Crippen LogP contribution in [0.4, 0.5) is 0 Å². The molecule has 0 radical (unpaired) electrons. The average Bonchev–Trinajstić information content (AvgIpc) is 2.70. The lowest BCUT2D eigenvalue weighted by Gasteiger charge is -2.19. The number of nitrogens with zero attached hydrogens (tertiary/aromatic N) is 2. The summed E-state index contributed by atoms with van der Waals surface area (Å²) in [6.45, 7) is 5.67. The summed E-state index contributed by atoms with van der Waals surface area (Å²) in [4.78, 5) is 14.4. The lowest BCUT2D eigenvalue weighted by Crippen LogP contribution is -2.26. The highest BCUT2D eigenvalue weighted by Gasteiger charge is 2.16. The molecule has 2 rings (SSSR count). The van der Waals surface area contributed by atoms with Gasteiger partial charge >= 0.3 is 0 Å². The fourth-order valence-corrected chi connectivity index (χ4v) is 2.60. The van der Waals surface area contributed by atoms with Gasteiger partial charge in [0.15, 0.2) is 11.5 Å². The average molecular weight is 366 g/mol. The van der Waals surface area contributed by atoms with Gasteiger partial charge in [0, 0.05) is 19.2 Å². The van der Waals surface area contributed by atoms with E-state index in [2.05, 4.69) is 6.07 Å². The summed E-state index contributed by atoms with van der Waals surface area (Å²) in [5.74, 6) is 1.14. The molecule has 0 N–H and O–H groups in total. The monoisotopic (exact) mass is 366 g/mol. The highest BCUT2D eigenvalue weighted by Crippen LogP contribution is 2.29. The van der Waals surface area contributed by atoms with Crippen molar-refractivity contribution in [3.8, 4) is 17.6 Å². The van der Waals surface area contributed by atoms with Crippen molar-refractivity contribution in [1.29, 1.82) is 5.26 Å². The van der Waals surface area contributed by atoms with E-state index in [-0.39, 0.29) is 5.91 Å². The Morgan fingerprint density at radius 1 is 1.04 bits per heavy atom. The second-order valence-corrected chi connectivity index (χ2v) is 6.33. The van der Waals surface area contributed by atoms with Crippen molar-refractivity contribution in [1.82, 2.24) is 4.90 Å². The summed E-state index contributed by atoms with van der Waals surface area (Å²) < 4.78 is 11.5. The van der Waals surface area contributed by atoms with Crippen LogP contribution in [0.15, 0.2) is 42.5 Å². The summed E-state index contributed by atoms with van der Waals surface area (Å²) in [5, 5.41) is 9.02. The van der Waals surface area contributed by atoms with Crippen LogP contribution in [0.5, 0.6) is 11.5 Å². The number of hydrogen-bond acceptors (Lipinski definition) is 4. The number of nitriles is 1. The van der Waals surface area contributed by atoms with E-state index in [1.54, 1.807) is 42.3 Å². The molecule has 0 fully saturated rings. The first-order valence-corrected chi connectivity index (χ1v) is 9.23. The third kappa shape index (κ3) is 5.75. The van der Waals surface area contributed by atoms with Crippen molar-refractivity contribution in [2.24, 2.45) is 0 Å². The van der Waals surface area contributed by atoms with E-state index >= 15 is 0 Å². The second kappa shape index (κ2) is 10.2. The number of ether oxygens (including phenoxy) is 2. The van der Waals surface area contributed by atoms with Crippen LogP contribution in [0.25, 0.3) is 0 Å². The van der Waals surface area contributed by atoms with Crippen molar-refractivity contribution < 1.29 is 14.3 Å². The molecule has 0 heterocycles. The quantitative estimate of drug-likeness (QED) is 0.659. The Kier molecular flexibility index (Phi) is 7.69. The molecule has 0 spiro atoms. The first kappa shape index (κ1) is 20.3. The van der Waals surface area contributed by atoms with Gasteiger partial charge in [-0.15, -0.1) is 0 Å². The van der Waals surface area contributed by atoms with E-state index in [1.165, 1.54) is 0 Å². The zero-order valence-corrected chi connectivity index (χ0v) is 16.2. The molecule has 0 aromatic heterocycles. The molecular formula is C22H26N2O3. The molecule has 0 saturated heterocycles. The van der Waals surface area contributed by atoms with Gasteiger partial charge in [-0.25, -0.2) is 0 Å². The van der Waals surface area contributed by atoms with Gasteiger partial charge in [-0.1, -0.05) is 26.0 Å². The molecule has 0 aliphatic carbocycles. The van der Waals surface area contributed by atoms with Crippen LogP contribution in [-0.2, 0) is 6.54 Å². The van der Waals surface area contributed by atoms with Gasteiger partial charge in [0.25, 0.3) is 5.91 Å². The van der Waals surface area contributed by atoms with Crippen molar-refractivity contribution in [2.45, 2.75) is 33.2 Å². The molecule has 5 heteroatoms. The fourth-order valence-electron chi connectivity index (χ4n) is 2.60. The summed E-state index contributed by atoms with van der Waals surface area (Å²) in [6, 6.07) is 14.7. The van der Waals surface area contributed by atoms with Crippen LogP contribution >= 0.6 is 0 Å². The van der Waals surface area contributed by atoms with E-state index in [0.29, 0.717) is 42.4 Å². The van der Waals surface area contributed by atoms with E-state index in [9.17, 15) is 4.79 Å². The maximum absolute atomic E-state index is 12.8. The molecule has 142 valence electrons. The Morgan fingerprint density at radius 3 is 2.41 bits per heavy atom. The van der Waals surface area contributed by atoms with Crippen LogP contribution in [-0.4, -0.2) is 31.1 Å².